The zero-order valence-corrected chi connectivity index (χ0v) is 6.88. The highest BCUT2D eigenvalue weighted by Gasteiger charge is 2.11. The molecule has 1 saturated heterocycles. The van der Waals surface area contributed by atoms with Crippen LogP contribution in [0.2, 0.25) is 0 Å². The van der Waals surface area contributed by atoms with Crippen molar-refractivity contribution in [1.82, 2.24) is 0 Å². The van der Waals surface area contributed by atoms with E-state index in [1.54, 1.807) is 0 Å². The number of ether oxygens (including phenoxy) is 1. The molecule has 0 spiro atoms. The zero-order chi connectivity index (χ0) is 8.81. The van der Waals surface area contributed by atoms with Crippen LogP contribution >= 0.6 is 0 Å². The Morgan fingerprint density at radius 3 is 2.75 bits per heavy atom. The Morgan fingerprint density at radius 2 is 2.17 bits per heavy atom. The van der Waals surface area contributed by atoms with Gasteiger partial charge in [-0.05, 0) is 18.8 Å². The second kappa shape index (κ2) is 4.78. The van der Waals surface area contributed by atoms with Crippen LogP contribution in [0, 0.1) is 17.8 Å². The van der Waals surface area contributed by atoms with E-state index in [-0.39, 0.29) is 0 Å². The topological polar surface area (TPSA) is 46.5 Å². The molecule has 66 valence electrons. The molecule has 3 nitrogen and oxygen atoms in total. The van der Waals surface area contributed by atoms with Gasteiger partial charge < -0.3 is 9.84 Å². The molecule has 3 heteroatoms. The van der Waals surface area contributed by atoms with Crippen LogP contribution in [0.15, 0.2) is 0 Å². The molecular formula is C9H12O3. The first-order valence-corrected chi connectivity index (χ1v) is 4.08. The van der Waals surface area contributed by atoms with E-state index in [9.17, 15) is 4.79 Å². The van der Waals surface area contributed by atoms with Crippen LogP contribution < -0.4 is 0 Å². The van der Waals surface area contributed by atoms with E-state index in [0.717, 1.165) is 26.1 Å². The quantitative estimate of drug-likeness (QED) is 0.591. The van der Waals surface area contributed by atoms with Gasteiger partial charge in [-0.25, -0.2) is 4.79 Å². The van der Waals surface area contributed by atoms with Gasteiger partial charge in [-0.15, -0.1) is 0 Å². The van der Waals surface area contributed by atoms with E-state index in [1.807, 2.05) is 0 Å². The van der Waals surface area contributed by atoms with E-state index in [2.05, 4.69) is 11.8 Å². The Bertz CT molecular complexity index is 206. The third kappa shape index (κ3) is 3.40. The smallest absolute Gasteiger partial charge is 0.381 e. The summed E-state index contributed by atoms with van der Waals surface area (Å²) in [6.07, 6.45) is 2.71. The second-order valence-electron chi connectivity index (χ2n) is 2.87. The van der Waals surface area contributed by atoms with E-state index >= 15 is 0 Å². The monoisotopic (exact) mass is 168 g/mol. The Morgan fingerprint density at radius 1 is 1.50 bits per heavy atom. The van der Waals surface area contributed by atoms with Crippen molar-refractivity contribution in [3.05, 3.63) is 0 Å². The van der Waals surface area contributed by atoms with Crippen LogP contribution in [0.5, 0.6) is 0 Å². The molecular weight excluding hydrogens is 156 g/mol. The average Bonchev–Trinajstić information content (AvgIpc) is 2.05. The molecule has 0 aromatic carbocycles. The molecule has 1 aliphatic rings. The van der Waals surface area contributed by atoms with E-state index in [1.165, 1.54) is 0 Å². The number of aliphatic carboxylic acids is 1. The van der Waals surface area contributed by atoms with Crippen LogP contribution in [0.1, 0.15) is 19.3 Å². The number of carboxylic acids is 1. The van der Waals surface area contributed by atoms with Gasteiger partial charge in [0.1, 0.15) is 0 Å². The Labute approximate surface area is 71.7 Å². The van der Waals surface area contributed by atoms with Gasteiger partial charge in [0.25, 0.3) is 0 Å². The molecule has 0 aromatic rings. The van der Waals surface area contributed by atoms with Gasteiger partial charge in [-0.2, -0.15) is 0 Å². The number of carbonyl (C=O) groups is 1. The maximum atomic E-state index is 10.0. The summed E-state index contributed by atoms with van der Waals surface area (Å²) in [5, 5.41) is 8.24. The van der Waals surface area contributed by atoms with Crippen LogP contribution in [0.4, 0.5) is 0 Å². The first-order valence-electron chi connectivity index (χ1n) is 4.08. The summed E-state index contributed by atoms with van der Waals surface area (Å²) in [5.41, 5.74) is 0. The predicted molar refractivity (Wildman–Crippen MR) is 43.6 cm³/mol. The average molecular weight is 168 g/mol. The van der Waals surface area contributed by atoms with Gasteiger partial charge >= 0.3 is 5.97 Å². The lowest BCUT2D eigenvalue weighted by atomic mass is 9.97. The van der Waals surface area contributed by atoms with Crippen LogP contribution in [0.3, 0.4) is 0 Å². The van der Waals surface area contributed by atoms with E-state index in [4.69, 9.17) is 9.84 Å². The standard InChI is InChI=1S/C9H12O3/c10-9(11)3-1-2-8-4-6-12-7-5-8/h8H,2,4-7H2,(H,10,11). The SMILES string of the molecule is O=C(O)C#CCC1CCOCC1. The highest BCUT2D eigenvalue weighted by Crippen LogP contribution is 2.17. The van der Waals surface area contributed by atoms with Crippen molar-refractivity contribution >= 4 is 5.97 Å². The molecule has 0 saturated carbocycles. The van der Waals surface area contributed by atoms with Gasteiger partial charge in [0.05, 0.1) is 0 Å². The van der Waals surface area contributed by atoms with Crippen molar-refractivity contribution in [1.29, 1.82) is 0 Å². The van der Waals surface area contributed by atoms with Gasteiger partial charge in [0.15, 0.2) is 0 Å². The first kappa shape index (κ1) is 9.08. The Balaban J connectivity index is 2.22. The lowest BCUT2D eigenvalue weighted by molar-refractivity contribution is -0.130. The molecule has 1 fully saturated rings. The summed E-state index contributed by atoms with van der Waals surface area (Å²) in [5.74, 6) is 4.26. The second-order valence-corrected chi connectivity index (χ2v) is 2.87. The first-order chi connectivity index (χ1) is 5.79. The molecule has 1 heterocycles. The molecule has 0 aromatic heterocycles. The Hall–Kier alpha value is -1.01. The van der Waals surface area contributed by atoms with Crippen LogP contribution in [0.25, 0.3) is 0 Å². The maximum Gasteiger partial charge on any atom is 0.381 e. The fourth-order valence-corrected chi connectivity index (χ4v) is 1.22. The minimum atomic E-state index is -1.04. The largest absolute Gasteiger partial charge is 0.472 e. The van der Waals surface area contributed by atoms with Crippen molar-refractivity contribution in [3.8, 4) is 11.8 Å². The van der Waals surface area contributed by atoms with Crippen LogP contribution in [-0.4, -0.2) is 24.3 Å². The molecule has 0 unspecified atom stereocenters. The number of hydrogen-bond acceptors (Lipinski definition) is 2. The summed E-state index contributed by atoms with van der Waals surface area (Å²) >= 11 is 0. The summed E-state index contributed by atoms with van der Waals surface area (Å²) in [4.78, 5) is 10.0. The fourth-order valence-electron chi connectivity index (χ4n) is 1.22. The molecule has 0 amide bonds. The van der Waals surface area contributed by atoms with Gasteiger partial charge in [-0.1, -0.05) is 5.92 Å². The van der Waals surface area contributed by atoms with Crippen molar-refractivity contribution in [3.63, 3.8) is 0 Å². The fraction of sp³-hybridized carbons (Fsp3) is 0.667. The third-order valence-corrected chi connectivity index (χ3v) is 1.93. The highest BCUT2D eigenvalue weighted by atomic mass is 16.5. The minimum absolute atomic E-state index is 0.533. The maximum absolute atomic E-state index is 10.0. The molecule has 0 bridgehead atoms. The Kier molecular flexibility index (Phi) is 3.62. The lowest BCUT2D eigenvalue weighted by Gasteiger charge is -2.19. The molecule has 1 rings (SSSR count). The number of carboxylic acid groups (broad SMARTS) is 1. The van der Waals surface area contributed by atoms with Gasteiger partial charge in [0, 0.05) is 25.6 Å². The molecule has 0 radical (unpaired) electrons. The van der Waals surface area contributed by atoms with Gasteiger partial charge in [0.2, 0.25) is 0 Å². The van der Waals surface area contributed by atoms with Crippen molar-refractivity contribution < 1.29 is 14.6 Å². The highest BCUT2D eigenvalue weighted by molar-refractivity contribution is 5.86. The lowest BCUT2D eigenvalue weighted by Crippen LogP contribution is -2.14. The summed E-state index contributed by atoms with van der Waals surface area (Å²) < 4.78 is 5.16. The molecule has 0 aliphatic carbocycles. The molecule has 1 N–H and O–H groups in total. The summed E-state index contributed by atoms with van der Waals surface area (Å²) in [7, 11) is 0. The van der Waals surface area contributed by atoms with Crippen LogP contribution in [-0.2, 0) is 9.53 Å². The number of rotatable bonds is 1. The van der Waals surface area contributed by atoms with E-state index < -0.39 is 5.97 Å². The van der Waals surface area contributed by atoms with E-state index in [0.29, 0.717) is 12.3 Å². The van der Waals surface area contributed by atoms with Gasteiger partial charge in [-0.3, -0.25) is 0 Å². The molecule has 1 aliphatic heterocycles. The van der Waals surface area contributed by atoms with Crippen molar-refractivity contribution in [2.45, 2.75) is 19.3 Å². The van der Waals surface area contributed by atoms with Crippen molar-refractivity contribution in [2.24, 2.45) is 5.92 Å². The predicted octanol–water partition coefficient (Wildman–Crippen LogP) is 0.891. The summed E-state index contributed by atoms with van der Waals surface area (Å²) in [6.45, 7) is 1.58. The molecule has 12 heavy (non-hydrogen) atoms. The normalized spacial score (nSPS) is 18.0. The minimum Gasteiger partial charge on any atom is -0.472 e. The summed E-state index contributed by atoms with van der Waals surface area (Å²) in [6, 6.07) is 0. The van der Waals surface area contributed by atoms with Crippen molar-refractivity contribution in [2.75, 3.05) is 13.2 Å². The third-order valence-electron chi connectivity index (χ3n) is 1.93. The number of hydrogen-bond donors (Lipinski definition) is 1. The zero-order valence-electron chi connectivity index (χ0n) is 6.88. The molecule has 0 atom stereocenters.